The lowest BCUT2D eigenvalue weighted by atomic mass is 10.2. The molecule has 0 unspecified atom stereocenters. The number of hydrazine groups is 1. The van der Waals surface area contributed by atoms with Crippen molar-refractivity contribution in [1.82, 2.24) is 5.43 Å². The molecular formula is C11H20N2. The van der Waals surface area contributed by atoms with Crippen LogP contribution in [0.2, 0.25) is 0 Å². The van der Waals surface area contributed by atoms with Gasteiger partial charge < -0.3 is 5.43 Å². The van der Waals surface area contributed by atoms with Gasteiger partial charge >= 0.3 is 0 Å². The van der Waals surface area contributed by atoms with Crippen LogP contribution in [-0.4, -0.2) is 0 Å². The first-order valence-electron chi connectivity index (χ1n) is 4.72. The first-order chi connectivity index (χ1) is 6.24. The maximum atomic E-state index is 5.37. The molecule has 0 fully saturated rings. The highest BCUT2D eigenvalue weighted by Crippen LogP contribution is 2.02. The second kappa shape index (κ2) is 7.62. The standard InChI is InChI=1S/C11H20N2/c1-4-6-8-11(13-12)9-10(3)7-5-2/h5,7-9,13H,4,6,12H2,1-3H3/b7-5-,10-9-,11-8-. The number of hydrogen-bond donors (Lipinski definition) is 2. The van der Waals surface area contributed by atoms with Crippen LogP contribution >= 0.6 is 0 Å². The van der Waals surface area contributed by atoms with E-state index in [1.807, 2.05) is 19.1 Å². The topological polar surface area (TPSA) is 38.0 Å². The maximum Gasteiger partial charge on any atom is 0.0447 e. The molecule has 0 aromatic carbocycles. The van der Waals surface area contributed by atoms with E-state index in [1.54, 1.807) is 0 Å². The Morgan fingerprint density at radius 2 is 2.15 bits per heavy atom. The molecule has 2 heteroatoms. The van der Waals surface area contributed by atoms with Crippen molar-refractivity contribution < 1.29 is 0 Å². The van der Waals surface area contributed by atoms with Gasteiger partial charge in [-0.3, -0.25) is 5.84 Å². The van der Waals surface area contributed by atoms with Gasteiger partial charge in [-0.15, -0.1) is 0 Å². The van der Waals surface area contributed by atoms with E-state index in [4.69, 9.17) is 5.84 Å². The van der Waals surface area contributed by atoms with Gasteiger partial charge in [0.05, 0.1) is 0 Å². The Bertz CT molecular complexity index is 212. The van der Waals surface area contributed by atoms with Gasteiger partial charge in [-0.25, -0.2) is 0 Å². The minimum atomic E-state index is 0.984. The highest BCUT2D eigenvalue weighted by Gasteiger charge is 1.88. The van der Waals surface area contributed by atoms with Crippen molar-refractivity contribution in [3.63, 3.8) is 0 Å². The van der Waals surface area contributed by atoms with Crippen LogP contribution in [0.1, 0.15) is 33.6 Å². The summed E-state index contributed by atoms with van der Waals surface area (Å²) in [7, 11) is 0. The third-order valence-corrected chi connectivity index (χ3v) is 1.63. The monoisotopic (exact) mass is 180 g/mol. The van der Waals surface area contributed by atoms with Crippen molar-refractivity contribution in [1.29, 1.82) is 0 Å². The lowest BCUT2D eigenvalue weighted by Gasteiger charge is -2.01. The van der Waals surface area contributed by atoms with Crippen molar-refractivity contribution >= 4 is 0 Å². The van der Waals surface area contributed by atoms with E-state index in [1.165, 1.54) is 5.57 Å². The zero-order valence-electron chi connectivity index (χ0n) is 8.80. The molecule has 0 aromatic rings. The van der Waals surface area contributed by atoms with Crippen LogP contribution in [0.15, 0.2) is 35.6 Å². The summed E-state index contributed by atoms with van der Waals surface area (Å²) in [5.41, 5.74) is 4.86. The fourth-order valence-electron chi connectivity index (χ4n) is 1.02. The van der Waals surface area contributed by atoms with Crippen molar-refractivity contribution in [3.8, 4) is 0 Å². The molecule has 0 rings (SSSR count). The van der Waals surface area contributed by atoms with Crippen molar-refractivity contribution in [2.75, 3.05) is 0 Å². The zero-order valence-corrected chi connectivity index (χ0v) is 8.80. The van der Waals surface area contributed by atoms with Gasteiger partial charge in [0.2, 0.25) is 0 Å². The van der Waals surface area contributed by atoms with Gasteiger partial charge in [-0.2, -0.15) is 0 Å². The van der Waals surface area contributed by atoms with E-state index in [0.29, 0.717) is 0 Å². The molecule has 0 saturated heterocycles. The molecule has 0 spiro atoms. The summed E-state index contributed by atoms with van der Waals surface area (Å²) in [5, 5.41) is 0. The normalized spacial score (nSPS) is 13.8. The molecule has 0 bridgehead atoms. The van der Waals surface area contributed by atoms with Gasteiger partial charge in [-0.1, -0.05) is 31.6 Å². The molecule has 0 heterocycles. The Morgan fingerprint density at radius 3 is 2.62 bits per heavy atom. The Balaban J connectivity index is 4.33. The molecule has 0 aliphatic carbocycles. The number of allylic oxidation sites excluding steroid dienone is 5. The Morgan fingerprint density at radius 1 is 1.46 bits per heavy atom. The van der Waals surface area contributed by atoms with E-state index < -0.39 is 0 Å². The third kappa shape index (κ3) is 6.17. The summed E-state index contributed by atoms with van der Waals surface area (Å²) in [6.07, 6.45) is 10.4. The summed E-state index contributed by atoms with van der Waals surface area (Å²) in [6, 6.07) is 0. The highest BCUT2D eigenvalue weighted by atomic mass is 15.2. The Kier molecular flexibility index (Phi) is 7.02. The first-order valence-corrected chi connectivity index (χ1v) is 4.72. The SMILES string of the molecule is C\C=C/C(C)=C\C(=C\CCC)NN. The van der Waals surface area contributed by atoms with E-state index in [0.717, 1.165) is 18.5 Å². The van der Waals surface area contributed by atoms with Crippen LogP contribution in [0.4, 0.5) is 0 Å². The van der Waals surface area contributed by atoms with Gasteiger partial charge in [0.25, 0.3) is 0 Å². The maximum absolute atomic E-state index is 5.37. The summed E-state index contributed by atoms with van der Waals surface area (Å²) >= 11 is 0. The minimum Gasteiger partial charge on any atom is -0.324 e. The summed E-state index contributed by atoms with van der Waals surface area (Å²) in [6.45, 7) is 6.20. The smallest absolute Gasteiger partial charge is 0.0447 e. The molecule has 0 atom stereocenters. The minimum absolute atomic E-state index is 0.984. The molecule has 0 amide bonds. The molecule has 0 saturated carbocycles. The molecule has 74 valence electrons. The lowest BCUT2D eigenvalue weighted by Crippen LogP contribution is -2.19. The predicted molar refractivity (Wildman–Crippen MR) is 58.9 cm³/mol. The number of unbranched alkanes of at least 4 members (excludes halogenated alkanes) is 1. The Labute approximate surface area is 81.2 Å². The summed E-state index contributed by atoms with van der Waals surface area (Å²) in [4.78, 5) is 0. The molecule has 0 aliphatic heterocycles. The van der Waals surface area contributed by atoms with Gasteiger partial charge in [0.15, 0.2) is 0 Å². The Hall–Kier alpha value is -1.02. The fraction of sp³-hybridized carbons (Fsp3) is 0.455. The second-order valence-corrected chi connectivity index (χ2v) is 2.98. The fourth-order valence-corrected chi connectivity index (χ4v) is 1.02. The van der Waals surface area contributed by atoms with Crippen LogP contribution in [0, 0.1) is 0 Å². The van der Waals surface area contributed by atoms with Crippen LogP contribution in [0.3, 0.4) is 0 Å². The molecular weight excluding hydrogens is 160 g/mol. The van der Waals surface area contributed by atoms with Gasteiger partial charge in [0.1, 0.15) is 0 Å². The number of nitrogens with two attached hydrogens (primary N) is 1. The van der Waals surface area contributed by atoms with Crippen LogP contribution in [-0.2, 0) is 0 Å². The molecule has 0 radical (unpaired) electrons. The van der Waals surface area contributed by atoms with E-state index >= 15 is 0 Å². The van der Waals surface area contributed by atoms with E-state index in [-0.39, 0.29) is 0 Å². The zero-order chi connectivity index (χ0) is 10.1. The molecule has 13 heavy (non-hydrogen) atoms. The number of nitrogens with one attached hydrogen (secondary N) is 1. The predicted octanol–water partition coefficient (Wildman–Crippen LogP) is 2.66. The van der Waals surface area contributed by atoms with E-state index in [9.17, 15) is 0 Å². The van der Waals surface area contributed by atoms with Crippen LogP contribution < -0.4 is 11.3 Å². The van der Waals surface area contributed by atoms with Crippen LogP contribution in [0.25, 0.3) is 0 Å². The average Bonchev–Trinajstić information content (AvgIpc) is 2.12. The van der Waals surface area contributed by atoms with Crippen molar-refractivity contribution in [3.05, 3.63) is 35.6 Å². The van der Waals surface area contributed by atoms with Gasteiger partial charge in [0, 0.05) is 5.70 Å². The molecule has 0 aliphatic rings. The summed E-state index contributed by atoms with van der Waals surface area (Å²) < 4.78 is 0. The lowest BCUT2D eigenvalue weighted by molar-refractivity contribution is 0.877. The van der Waals surface area contributed by atoms with Crippen molar-refractivity contribution in [2.24, 2.45) is 5.84 Å². The van der Waals surface area contributed by atoms with Crippen molar-refractivity contribution in [2.45, 2.75) is 33.6 Å². The number of hydrogen-bond acceptors (Lipinski definition) is 2. The molecule has 0 aromatic heterocycles. The molecule has 2 nitrogen and oxygen atoms in total. The quantitative estimate of drug-likeness (QED) is 0.388. The largest absolute Gasteiger partial charge is 0.324 e. The average molecular weight is 180 g/mol. The van der Waals surface area contributed by atoms with Crippen LogP contribution in [0.5, 0.6) is 0 Å². The molecule has 3 N–H and O–H groups in total. The van der Waals surface area contributed by atoms with E-state index in [2.05, 4.69) is 31.4 Å². The third-order valence-electron chi connectivity index (χ3n) is 1.63. The summed E-state index contributed by atoms with van der Waals surface area (Å²) in [5.74, 6) is 5.37. The van der Waals surface area contributed by atoms with Gasteiger partial charge in [-0.05, 0) is 31.9 Å². The second-order valence-electron chi connectivity index (χ2n) is 2.98. The number of rotatable bonds is 5. The first kappa shape index (κ1) is 12.0. The highest BCUT2D eigenvalue weighted by molar-refractivity contribution is 5.27.